The number of thiazole rings is 1. The van der Waals surface area contributed by atoms with Gasteiger partial charge in [0.25, 0.3) is 5.69 Å². The Morgan fingerprint density at radius 2 is 2.22 bits per heavy atom. The minimum absolute atomic E-state index is 0.0329. The van der Waals surface area contributed by atoms with E-state index in [1.807, 2.05) is 0 Å². The van der Waals surface area contributed by atoms with Gasteiger partial charge in [-0.2, -0.15) is 18.3 Å². The smallest absolute Gasteiger partial charge is 0.423 e. The van der Waals surface area contributed by atoms with Crippen molar-refractivity contribution in [3.63, 3.8) is 0 Å². The second-order valence-electron chi connectivity index (χ2n) is 4.99. The molecule has 0 atom stereocenters. The summed E-state index contributed by atoms with van der Waals surface area (Å²) in [5.41, 5.74) is 0.137. The van der Waals surface area contributed by atoms with Gasteiger partial charge in [-0.25, -0.2) is 4.98 Å². The lowest BCUT2D eigenvalue weighted by atomic mass is 10.1. The van der Waals surface area contributed by atoms with E-state index < -0.39 is 28.3 Å². The average molecular weight is 402 g/mol. The van der Waals surface area contributed by atoms with E-state index >= 15 is 0 Å². The predicted octanol–water partition coefficient (Wildman–Crippen LogP) is 3.62. The molecule has 1 aromatic heterocycles. The van der Waals surface area contributed by atoms with Gasteiger partial charge in [-0.05, 0) is 19.1 Å². The largest absolute Gasteiger partial charge is 0.466 e. The van der Waals surface area contributed by atoms with Gasteiger partial charge < -0.3 is 4.74 Å². The number of benzene rings is 1. The van der Waals surface area contributed by atoms with E-state index in [1.165, 1.54) is 0 Å². The SMILES string of the molecule is CCOC(=O)Cc1csc(NN=Cc2cccc(C(F)(F)F)c2[N+](=O)[O-])n1. The number of rotatable bonds is 7. The summed E-state index contributed by atoms with van der Waals surface area (Å²) in [5.74, 6) is -0.447. The van der Waals surface area contributed by atoms with Gasteiger partial charge >= 0.3 is 12.1 Å². The zero-order valence-electron chi connectivity index (χ0n) is 13.8. The maximum absolute atomic E-state index is 12.9. The van der Waals surface area contributed by atoms with Gasteiger partial charge in [0.1, 0.15) is 5.56 Å². The van der Waals surface area contributed by atoms with Crippen molar-refractivity contribution in [3.8, 4) is 0 Å². The summed E-state index contributed by atoms with van der Waals surface area (Å²) >= 11 is 1.11. The van der Waals surface area contributed by atoms with E-state index in [2.05, 4.69) is 15.5 Å². The summed E-state index contributed by atoms with van der Waals surface area (Å²) in [6.45, 7) is 1.92. The number of carbonyl (C=O) groups excluding carboxylic acids is 1. The van der Waals surface area contributed by atoms with Gasteiger partial charge in [0, 0.05) is 5.38 Å². The topological polar surface area (TPSA) is 107 Å². The molecule has 8 nitrogen and oxygen atoms in total. The highest BCUT2D eigenvalue weighted by molar-refractivity contribution is 7.13. The molecule has 0 aliphatic rings. The van der Waals surface area contributed by atoms with Crippen molar-refractivity contribution in [2.75, 3.05) is 12.0 Å². The van der Waals surface area contributed by atoms with Crippen molar-refractivity contribution in [1.82, 2.24) is 4.98 Å². The molecular weight excluding hydrogens is 389 g/mol. The van der Waals surface area contributed by atoms with E-state index in [9.17, 15) is 28.1 Å². The van der Waals surface area contributed by atoms with E-state index in [4.69, 9.17) is 4.74 Å². The first-order chi connectivity index (χ1) is 12.7. The van der Waals surface area contributed by atoms with Crippen LogP contribution in [0.25, 0.3) is 0 Å². The normalized spacial score (nSPS) is 11.6. The quantitative estimate of drug-likeness (QED) is 0.328. The fourth-order valence-corrected chi connectivity index (χ4v) is 2.71. The second kappa shape index (κ2) is 8.58. The number of nitro groups is 1. The van der Waals surface area contributed by atoms with Crippen molar-refractivity contribution in [1.29, 1.82) is 0 Å². The summed E-state index contributed by atoms with van der Waals surface area (Å²) < 4.78 is 43.6. The Hall–Kier alpha value is -3.02. The highest BCUT2D eigenvalue weighted by Gasteiger charge is 2.39. The lowest BCUT2D eigenvalue weighted by molar-refractivity contribution is -0.388. The highest BCUT2D eigenvalue weighted by atomic mass is 32.1. The van der Waals surface area contributed by atoms with Crippen molar-refractivity contribution in [3.05, 3.63) is 50.5 Å². The molecule has 144 valence electrons. The fraction of sp³-hybridized carbons (Fsp3) is 0.267. The molecule has 0 saturated heterocycles. The number of hydrogen-bond acceptors (Lipinski definition) is 8. The number of para-hydroxylation sites is 1. The lowest BCUT2D eigenvalue weighted by Crippen LogP contribution is -2.10. The van der Waals surface area contributed by atoms with Gasteiger partial charge in [0.05, 0.1) is 35.4 Å². The third kappa shape index (κ3) is 5.48. The molecule has 27 heavy (non-hydrogen) atoms. The number of nitro benzene ring substituents is 1. The molecule has 0 radical (unpaired) electrons. The van der Waals surface area contributed by atoms with Crippen molar-refractivity contribution >= 4 is 34.3 Å². The first-order valence-electron chi connectivity index (χ1n) is 7.46. The van der Waals surface area contributed by atoms with Gasteiger partial charge in [-0.15, -0.1) is 11.3 Å². The van der Waals surface area contributed by atoms with Crippen LogP contribution in [0.3, 0.4) is 0 Å². The molecule has 2 rings (SSSR count). The molecule has 0 aliphatic heterocycles. The molecular formula is C15H13F3N4O4S. The van der Waals surface area contributed by atoms with E-state index in [0.29, 0.717) is 11.8 Å². The van der Waals surface area contributed by atoms with Crippen molar-refractivity contribution in [2.24, 2.45) is 5.10 Å². The van der Waals surface area contributed by atoms with Crippen molar-refractivity contribution in [2.45, 2.75) is 19.5 Å². The van der Waals surface area contributed by atoms with Gasteiger partial charge in [0.2, 0.25) is 5.13 Å². The zero-order valence-corrected chi connectivity index (χ0v) is 14.6. The predicted molar refractivity (Wildman–Crippen MR) is 91.8 cm³/mol. The number of hydrogen-bond donors (Lipinski definition) is 1. The van der Waals surface area contributed by atoms with Gasteiger partial charge in [0.15, 0.2) is 0 Å². The Kier molecular flexibility index (Phi) is 6.45. The van der Waals surface area contributed by atoms with Crippen LogP contribution in [0.2, 0.25) is 0 Å². The van der Waals surface area contributed by atoms with Crippen LogP contribution in [-0.2, 0) is 22.1 Å². The summed E-state index contributed by atoms with van der Waals surface area (Å²) in [6.07, 6.45) is -3.99. The average Bonchev–Trinajstić information content (AvgIpc) is 3.01. The molecule has 1 heterocycles. The van der Waals surface area contributed by atoms with Crippen LogP contribution in [0.5, 0.6) is 0 Å². The van der Waals surface area contributed by atoms with Crippen LogP contribution in [0.15, 0.2) is 28.7 Å². The number of anilines is 1. The van der Waals surface area contributed by atoms with E-state index in [1.54, 1.807) is 12.3 Å². The molecule has 0 fully saturated rings. The number of nitrogens with one attached hydrogen (secondary N) is 1. The van der Waals surface area contributed by atoms with E-state index in [0.717, 1.165) is 29.7 Å². The van der Waals surface area contributed by atoms with Crippen LogP contribution in [0, 0.1) is 10.1 Å². The summed E-state index contributed by atoms with van der Waals surface area (Å²) in [5, 5.41) is 16.6. The molecule has 1 aromatic carbocycles. The number of carbonyl (C=O) groups is 1. The minimum atomic E-state index is -4.86. The third-order valence-electron chi connectivity index (χ3n) is 3.10. The van der Waals surface area contributed by atoms with Crippen LogP contribution in [-0.4, -0.2) is 28.7 Å². The first-order valence-corrected chi connectivity index (χ1v) is 8.34. The third-order valence-corrected chi connectivity index (χ3v) is 3.90. The second-order valence-corrected chi connectivity index (χ2v) is 5.85. The Morgan fingerprint density at radius 3 is 2.85 bits per heavy atom. The van der Waals surface area contributed by atoms with Crippen LogP contribution in [0.4, 0.5) is 24.0 Å². The van der Waals surface area contributed by atoms with Crippen LogP contribution < -0.4 is 5.43 Å². The first kappa shape index (κ1) is 20.3. The molecule has 12 heteroatoms. The number of halogens is 3. The number of esters is 1. The van der Waals surface area contributed by atoms with Gasteiger partial charge in [-0.3, -0.25) is 20.3 Å². The summed E-state index contributed by atoms with van der Waals surface area (Å²) in [6, 6.07) is 2.83. The van der Waals surface area contributed by atoms with Crippen LogP contribution >= 0.6 is 11.3 Å². The monoisotopic (exact) mass is 402 g/mol. The molecule has 0 spiro atoms. The Labute approximate surface area is 154 Å². The maximum Gasteiger partial charge on any atom is 0.423 e. The Morgan fingerprint density at radius 1 is 1.48 bits per heavy atom. The molecule has 0 aliphatic carbocycles. The Balaban J connectivity index is 2.14. The maximum atomic E-state index is 12.9. The fourth-order valence-electron chi connectivity index (χ4n) is 2.05. The van der Waals surface area contributed by atoms with Crippen LogP contribution in [0.1, 0.15) is 23.7 Å². The van der Waals surface area contributed by atoms with E-state index in [-0.39, 0.29) is 23.7 Å². The number of nitrogens with zero attached hydrogens (tertiary/aromatic N) is 3. The van der Waals surface area contributed by atoms with Crippen molar-refractivity contribution < 1.29 is 27.6 Å². The minimum Gasteiger partial charge on any atom is -0.466 e. The Bertz CT molecular complexity index is 867. The molecule has 2 aromatic rings. The summed E-state index contributed by atoms with van der Waals surface area (Å²) in [4.78, 5) is 25.4. The molecule has 0 bridgehead atoms. The number of ether oxygens (including phenoxy) is 1. The zero-order chi connectivity index (χ0) is 20.0. The molecule has 1 N–H and O–H groups in total. The molecule has 0 unspecified atom stereocenters. The lowest BCUT2D eigenvalue weighted by Gasteiger charge is -2.08. The highest BCUT2D eigenvalue weighted by Crippen LogP contribution is 2.37. The molecule has 0 saturated carbocycles. The summed E-state index contributed by atoms with van der Waals surface area (Å²) in [7, 11) is 0. The molecule has 0 amide bonds. The number of alkyl halides is 3. The number of aromatic nitrogens is 1. The van der Waals surface area contributed by atoms with Gasteiger partial charge in [-0.1, -0.05) is 6.07 Å². The standard InChI is InChI=1S/C15H13F3N4O4S/c1-2-26-12(23)6-10-8-27-14(20-10)21-19-7-9-4-3-5-11(15(16,17)18)13(9)22(24)25/h3-5,7-8H,2,6H2,1H3,(H,20,21). The number of hydrazone groups is 1.